The fourth-order valence-corrected chi connectivity index (χ4v) is 2.01. The van der Waals surface area contributed by atoms with Crippen LogP contribution in [0.25, 0.3) is 0 Å². The van der Waals surface area contributed by atoms with Crippen molar-refractivity contribution in [1.29, 1.82) is 0 Å². The van der Waals surface area contributed by atoms with Crippen LogP contribution in [0.5, 0.6) is 0 Å². The Bertz CT molecular complexity index is 171. The summed E-state index contributed by atoms with van der Waals surface area (Å²) in [7, 11) is 0. The van der Waals surface area contributed by atoms with Crippen LogP contribution in [0, 0.1) is 11.8 Å². The number of carbonyl (C=O) groups is 1. The first-order valence-electron chi connectivity index (χ1n) is 5.39. The van der Waals surface area contributed by atoms with E-state index in [0.717, 1.165) is 6.42 Å². The molecule has 0 unspecified atom stereocenters. The van der Waals surface area contributed by atoms with E-state index in [4.69, 9.17) is 5.73 Å². The molecule has 1 atom stereocenters. The van der Waals surface area contributed by atoms with Crippen LogP contribution in [0.15, 0.2) is 0 Å². The Morgan fingerprint density at radius 2 is 1.92 bits per heavy atom. The van der Waals surface area contributed by atoms with Gasteiger partial charge in [0, 0.05) is 6.42 Å². The molecule has 2 nitrogen and oxygen atoms in total. The van der Waals surface area contributed by atoms with Crippen LogP contribution in [0.2, 0.25) is 0 Å². The number of ketones is 1. The summed E-state index contributed by atoms with van der Waals surface area (Å²) in [6, 6.07) is -0.236. The summed E-state index contributed by atoms with van der Waals surface area (Å²) >= 11 is 0. The zero-order valence-corrected chi connectivity index (χ0v) is 8.75. The third kappa shape index (κ3) is 3.11. The fraction of sp³-hybridized carbons (Fsp3) is 0.909. The van der Waals surface area contributed by atoms with Gasteiger partial charge in [-0.05, 0) is 11.8 Å². The van der Waals surface area contributed by atoms with Gasteiger partial charge in [0.1, 0.15) is 5.78 Å². The molecule has 76 valence electrons. The van der Waals surface area contributed by atoms with E-state index in [1.165, 1.54) is 25.7 Å². The Labute approximate surface area is 80.9 Å². The molecular formula is C11H21NO. The molecule has 2 N–H and O–H groups in total. The van der Waals surface area contributed by atoms with Crippen molar-refractivity contribution in [2.45, 2.75) is 52.0 Å². The van der Waals surface area contributed by atoms with Gasteiger partial charge in [0.15, 0.2) is 0 Å². The number of carbonyl (C=O) groups excluding carboxylic acids is 1. The summed E-state index contributed by atoms with van der Waals surface area (Å²) in [5.41, 5.74) is 5.79. The minimum atomic E-state index is -0.236. The molecule has 0 radical (unpaired) electrons. The van der Waals surface area contributed by atoms with E-state index in [-0.39, 0.29) is 17.7 Å². The lowest BCUT2D eigenvalue weighted by Crippen LogP contribution is -2.36. The first-order valence-corrected chi connectivity index (χ1v) is 5.39. The molecule has 13 heavy (non-hydrogen) atoms. The molecule has 0 aliphatic heterocycles. The SMILES string of the molecule is CC(C)[C@@H](N)C(=O)CC1CCCC1. The molecule has 0 spiro atoms. The van der Waals surface area contributed by atoms with E-state index in [2.05, 4.69) is 0 Å². The maximum atomic E-state index is 11.6. The van der Waals surface area contributed by atoms with Gasteiger partial charge in [-0.1, -0.05) is 39.5 Å². The van der Waals surface area contributed by atoms with Gasteiger partial charge in [-0.25, -0.2) is 0 Å². The molecule has 0 heterocycles. The van der Waals surface area contributed by atoms with Crippen LogP contribution in [0.1, 0.15) is 46.0 Å². The summed E-state index contributed by atoms with van der Waals surface area (Å²) in [6.07, 6.45) is 5.79. The topological polar surface area (TPSA) is 43.1 Å². The highest BCUT2D eigenvalue weighted by Crippen LogP contribution is 2.28. The molecule has 1 rings (SSSR count). The van der Waals surface area contributed by atoms with E-state index >= 15 is 0 Å². The van der Waals surface area contributed by atoms with E-state index in [1.807, 2.05) is 13.8 Å². The largest absolute Gasteiger partial charge is 0.321 e. The highest BCUT2D eigenvalue weighted by Gasteiger charge is 2.23. The number of nitrogens with two attached hydrogens (primary N) is 1. The molecule has 0 bridgehead atoms. The zero-order valence-electron chi connectivity index (χ0n) is 8.75. The summed E-state index contributed by atoms with van der Waals surface area (Å²) in [5, 5.41) is 0. The Morgan fingerprint density at radius 3 is 2.38 bits per heavy atom. The Morgan fingerprint density at radius 1 is 1.38 bits per heavy atom. The summed E-state index contributed by atoms with van der Waals surface area (Å²) in [5.74, 6) is 1.19. The molecule has 0 aromatic carbocycles. The summed E-state index contributed by atoms with van der Waals surface area (Å²) in [6.45, 7) is 4.02. The molecule has 2 heteroatoms. The Kier molecular flexibility index (Phi) is 3.91. The van der Waals surface area contributed by atoms with Crippen molar-refractivity contribution in [2.75, 3.05) is 0 Å². The maximum absolute atomic E-state index is 11.6. The second-order valence-electron chi connectivity index (χ2n) is 4.59. The van der Waals surface area contributed by atoms with E-state index in [1.54, 1.807) is 0 Å². The molecule has 1 fully saturated rings. The second-order valence-corrected chi connectivity index (χ2v) is 4.59. The van der Waals surface area contributed by atoms with Crippen LogP contribution in [0.4, 0.5) is 0 Å². The van der Waals surface area contributed by atoms with Gasteiger partial charge < -0.3 is 5.73 Å². The minimum absolute atomic E-state index is 0.236. The normalized spacial score (nSPS) is 20.9. The first kappa shape index (κ1) is 10.7. The fourth-order valence-electron chi connectivity index (χ4n) is 2.01. The molecule has 0 saturated heterocycles. The van der Waals surface area contributed by atoms with E-state index in [9.17, 15) is 4.79 Å². The average Bonchev–Trinajstić information content (AvgIpc) is 2.55. The van der Waals surface area contributed by atoms with Gasteiger partial charge in [0.2, 0.25) is 0 Å². The van der Waals surface area contributed by atoms with Gasteiger partial charge >= 0.3 is 0 Å². The molecular weight excluding hydrogens is 162 g/mol. The standard InChI is InChI=1S/C11H21NO/c1-8(2)11(12)10(13)7-9-5-3-4-6-9/h8-9,11H,3-7,12H2,1-2H3/t11-/m1/s1. The van der Waals surface area contributed by atoms with Crippen molar-refractivity contribution in [3.8, 4) is 0 Å². The van der Waals surface area contributed by atoms with Crippen molar-refractivity contribution in [3.63, 3.8) is 0 Å². The number of Topliss-reactive ketones (excluding diaryl/α,β-unsaturated/α-hetero) is 1. The van der Waals surface area contributed by atoms with Crippen LogP contribution in [0.3, 0.4) is 0 Å². The molecule has 1 aliphatic rings. The van der Waals surface area contributed by atoms with Crippen LogP contribution in [-0.2, 0) is 4.79 Å². The molecule has 0 aromatic rings. The second kappa shape index (κ2) is 4.75. The third-order valence-corrected chi connectivity index (χ3v) is 3.05. The highest BCUT2D eigenvalue weighted by molar-refractivity contribution is 5.84. The summed E-state index contributed by atoms with van der Waals surface area (Å²) < 4.78 is 0. The van der Waals surface area contributed by atoms with Gasteiger partial charge in [0.05, 0.1) is 6.04 Å². The third-order valence-electron chi connectivity index (χ3n) is 3.05. The van der Waals surface area contributed by atoms with Gasteiger partial charge in [0.25, 0.3) is 0 Å². The van der Waals surface area contributed by atoms with Crippen molar-refractivity contribution in [3.05, 3.63) is 0 Å². The number of rotatable bonds is 4. The minimum Gasteiger partial charge on any atom is -0.321 e. The van der Waals surface area contributed by atoms with E-state index in [0.29, 0.717) is 5.92 Å². The van der Waals surface area contributed by atoms with Crippen molar-refractivity contribution < 1.29 is 4.79 Å². The summed E-state index contributed by atoms with van der Waals surface area (Å²) in [4.78, 5) is 11.6. The van der Waals surface area contributed by atoms with Crippen LogP contribution >= 0.6 is 0 Å². The molecule has 0 amide bonds. The van der Waals surface area contributed by atoms with Gasteiger partial charge in [-0.15, -0.1) is 0 Å². The molecule has 1 aliphatic carbocycles. The van der Waals surface area contributed by atoms with Crippen molar-refractivity contribution >= 4 is 5.78 Å². The maximum Gasteiger partial charge on any atom is 0.150 e. The highest BCUT2D eigenvalue weighted by atomic mass is 16.1. The first-order chi connectivity index (χ1) is 6.11. The number of hydrogen-bond acceptors (Lipinski definition) is 2. The number of hydrogen-bond donors (Lipinski definition) is 1. The molecule has 1 saturated carbocycles. The van der Waals surface area contributed by atoms with Crippen LogP contribution in [-0.4, -0.2) is 11.8 Å². The predicted molar refractivity (Wildman–Crippen MR) is 54.4 cm³/mol. The smallest absolute Gasteiger partial charge is 0.150 e. The zero-order chi connectivity index (χ0) is 9.84. The van der Waals surface area contributed by atoms with Crippen LogP contribution < -0.4 is 5.73 Å². The molecule has 0 aromatic heterocycles. The van der Waals surface area contributed by atoms with E-state index < -0.39 is 0 Å². The lowest BCUT2D eigenvalue weighted by atomic mass is 9.92. The lowest BCUT2D eigenvalue weighted by molar-refractivity contribution is -0.122. The van der Waals surface area contributed by atoms with Crippen molar-refractivity contribution in [1.82, 2.24) is 0 Å². The monoisotopic (exact) mass is 183 g/mol. The quantitative estimate of drug-likeness (QED) is 0.725. The average molecular weight is 183 g/mol. The van der Waals surface area contributed by atoms with Gasteiger partial charge in [-0.3, -0.25) is 4.79 Å². The Hall–Kier alpha value is -0.370. The lowest BCUT2D eigenvalue weighted by Gasteiger charge is -2.16. The van der Waals surface area contributed by atoms with Crippen molar-refractivity contribution in [2.24, 2.45) is 17.6 Å². The Balaban J connectivity index is 2.31. The van der Waals surface area contributed by atoms with Gasteiger partial charge in [-0.2, -0.15) is 0 Å². The predicted octanol–water partition coefficient (Wildman–Crippen LogP) is 2.12.